The zero-order valence-electron chi connectivity index (χ0n) is 9.18. The largest absolute Gasteiger partial charge is 0.473 e. The molecule has 0 atom stereocenters. The van der Waals surface area contributed by atoms with Crippen LogP contribution in [0, 0.1) is 10.1 Å². The molecule has 0 amide bonds. The highest BCUT2D eigenvalue weighted by Gasteiger charge is 2.20. The Hall–Kier alpha value is -1.91. The third-order valence-electron chi connectivity index (χ3n) is 2.06. The topological polar surface area (TPSA) is 65.3 Å². The molecule has 0 saturated carbocycles. The number of rotatable bonds is 6. The molecule has 16 heavy (non-hydrogen) atoms. The Morgan fingerprint density at radius 3 is 3.00 bits per heavy atom. The van der Waals surface area contributed by atoms with Gasteiger partial charge in [0.05, 0.1) is 17.1 Å². The Labute approximate surface area is 93.9 Å². The number of ether oxygens (including phenoxy) is 1. The minimum Gasteiger partial charge on any atom is -0.473 e. The van der Waals surface area contributed by atoms with Crippen molar-refractivity contribution in [3.05, 3.63) is 34.5 Å². The van der Waals surface area contributed by atoms with Crippen LogP contribution in [0.1, 0.15) is 25.3 Å². The molecule has 0 saturated heterocycles. The van der Waals surface area contributed by atoms with E-state index in [1.807, 2.05) is 6.92 Å². The SMILES string of the molecule is C=Cc1ccnc(OCCCC)c1[N+](=O)[O-]. The molecule has 5 heteroatoms. The first kappa shape index (κ1) is 12.2. The molecule has 0 aliphatic carbocycles. The average molecular weight is 222 g/mol. The Bertz CT molecular complexity index is 391. The van der Waals surface area contributed by atoms with E-state index in [-0.39, 0.29) is 11.6 Å². The van der Waals surface area contributed by atoms with Gasteiger partial charge in [0.15, 0.2) is 0 Å². The van der Waals surface area contributed by atoms with E-state index in [1.165, 1.54) is 18.3 Å². The molecule has 0 radical (unpaired) electrons. The summed E-state index contributed by atoms with van der Waals surface area (Å²) >= 11 is 0. The van der Waals surface area contributed by atoms with E-state index >= 15 is 0 Å². The van der Waals surface area contributed by atoms with E-state index in [9.17, 15) is 10.1 Å². The molecule has 5 nitrogen and oxygen atoms in total. The zero-order valence-corrected chi connectivity index (χ0v) is 9.18. The van der Waals surface area contributed by atoms with Crippen molar-refractivity contribution < 1.29 is 9.66 Å². The van der Waals surface area contributed by atoms with E-state index in [4.69, 9.17) is 4.74 Å². The lowest BCUT2D eigenvalue weighted by Gasteiger charge is -2.05. The second-order valence-electron chi connectivity index (χ2n) is 3.22. The van der Waals surface area contributed by atoms with Crippen molar-refractivity contribution in [3.8, 4) is 5.88 Å². The van der Waals surface area contributed by atoms with Crippen LogP contribution in [0.15, 0.2) is 18.8 Å². The van der Waals surface area contributed by atoms with Crippen molar-refractivity contribution in [1.29, 1.82) is 0 Å². The number of hydrogen-bond acceptors (Lipinski definition) is 4. The van der Waals surface area contributed by atoms with E-state index in [2.05, 4.69) is 11.6 Å². The van der Waals surface area contributed by atoms with Gasteiger partial charge in [-0.25, -0.2) is 4.98 Å². The Morgan fingerprint density at radius 2 is 2.44 bits per heavy atom. The number of nitrogens with zero attached hydrogens (tertiary/aromatic N) is 2. The summed E-state index contributed by atoms with van der Waals surface area (Å²) in [4.78, 5) is 14.2. The summed E-state index contributed by atoms with van der Waals surface area (Å²) in [5, 5.41) is 10.9. The van der Waals surface area contributed by atoms with E-state index in [1.54, 1.807) is 0 Å². The summed E-state index contributed by atoms with van der Waals surface area (Å²) in [6, 6.07) is 1.54. The van der Waals surface area contributed by atoms with Crippen molar-refractivity contribution in [2.45, 2.75) is 19.8 Å². The molecule has 0 aliphatic rings. The van der Waals surface area contributed by atoms with E-state index in [0.29, 0.717) is 12.2 Å². The summed E-state index contributed by atoms with van der Waals surface area (Å²) in [6.45, 7) is 5.98. The van der Waals surface area contributed by atoms with Crippen molar-refractivity contribution in [1.82, 2.24) is 4.98 Å². The number of hydrogen-bond donors (Lipinski definition) is 0. The number of aromatic nitrogens is 1. The molecule has 0 aliphatic heterocycles. The van der Waals surface area contributed by atoms with Crippen LogP contribution in [0.4, 0.5) is 5.69 Å². The van der Waals surface area contributed by atoms with E-state index in [0.717, 1.165) is 12.8 Å². The van der Waals surface area contributed by atoms with Crippen LogP contribution in [0.5, 0.6) is 5.88 Å². The molecule has 0 bridgehead atoms. The lowest BCUT2D eigenvalue weighted by molar-refractivity contribution is -0.386. The van der Waals surface area contributed by atoms with Crippen LogP contribution in [0.2, 0.25) is 0 Å². The quantitative estimate of drug-likeness (QED) is 0.421. The molecule has 1 aromatic heterocycles. The molecule has 86 valence electrons. The molecule has 0 fully saturated rings. The fraction of sp³-hybridized carbons (Fsp3) is 0.364. The first-order chi connectivity index (χ1) is 7.70. The number of unbranched alkanes of at least 4 members (excludes halogenated alkanes) is 1. The van der Waals surface area contributed by atoms with Crippen LogP contribution in [-0.4, -0.2) is 16.5 Å². The Morgan fingerprint density at radius 1 is 1.69 bits per heavy atom. The monoisotopic (exact) mass is 222 g/mol. The normalized spacial score (nSPS) is 9.81. The number of pyridine rings is 1. The molecule has 0 N–H and O–H groups in total. The van der Waals surface area contributed by atoms with Crippen molar-refractivity contribution >= 4 is 11.8 Å². The summed E-state index contributed by atoms with van der Waals surface area (Å²) in [7, 11) is 0. The van der Waals surface area contributed by atoms with Crippen LogP contribution >= 0.6 is 0 Å². The van der Waals surface area contributed by atoms with E-state index < -0.39 is 4.92 Å². The van der Waals surface area contributed by atoms with Gasteiger partial charge in [-0.1, -0.05) is 26.0 Å². The van der Waals surface area contributed by atoms with Crippen LogP contribution in [0.3, 0.4) is 0 Å². The predicted molar refractivity (Wildman–Crippen MR) is 61.4 cm³/mol. The summed E-state index contributed by atoms with van der Waals surface area (Å²) in [5.74, 6) is 0.0656. The van der Waals surface area contributed by atoms with Gasteiger partial charge in [-0.05, 0) is 12.5 Å². The Kier molecular flexibility index (Phi) is 4.44. The second-order valence-corrected chi connectivity index (χ2v) is 3.22. The highest BCUT2D eigenvalue weighted by molar-refractivity contribution is 5.63. The van der Waals surface area contributed by atoms with Gasteiger partial charge < -0.3 is 4.74 Å². The minimum atomic E-state index is -0.495. The van der Waals surface area contributed by atoms with Gasteiger partial charge in [0.2, 0.25) is 0 Å². The zero-order chi connectivity index (χ0) is 12.0. The fourth-order valence-electron chi connectivity index (χ4n) is 1.22. The third-order valence-corrected chi connectivity index (χ3v) is 2.06. The molecule has 0 spiro atoms. The summed E-state index contributed by atoms with van der Waals surface area (Å²) in [5.41, 5.74) is 0.306. The van der Waals surface area contributed by atoms with Gasteiger partial charge in [-0.2, -0.15) is 0 Å². The summed E-state index contributed by atoms with van der Waals surface area (Å²) < 4.78 is 5.28. The smallest absolute Gasteiger partial charge is 0.338 e. The van der Waals surface area contributed by atoms with Gasteiger partial charge in [0.1, 0.15) is 0 Å². The van der Waals surface area contributed by atoms with Gasteiger partial charge in [0, 0.05) is 6.20 Å². The van der Waals surface area contributed by atoms with Gasteiger partial charge in [-0.3, -0.25) is 10.1 Å². The maximum absolute atomic E-state index is 10.9. The highest BCUT2D eigenvalue weighted by Crippen LogP contribution is 2.29. The molecular formula is C11H14N2O3. The van der Waals surface area contributed by atoms with Crippen molar-refractivity contribution in [2.24, 2.45) is 0 Å². The second kappa shape index (κ2) is 5.85. The lowest BCUT2D eigenvalue weighted by Crippen LogP contribution is -2.03. The standard InChI is InChI=1S/C11H14N2O3/c1-3-5-8-16-11-10(13(14)15)9(4-2)6-7-12-11/h4,6-7H,2-3,5,8H2,1H3. The van der Waals surface area contributed by atoms with Crippen molar-refractivity contribution in [2.75, 3.05) is 6.61 Å². The number of nitro groups is 1. The van der Waals surface area contributed by atoms with Gasteiger partial charge in [0.25, 0.3) is 5.88 Å². The predicted octanol–water partition coefficient (Wildman–Crippen LogP) is 2.81. The average Bonchev–Trinajstić information content (AvgIpc) is 2.28. The molecule has 0 aromatic carbocycles. The fourth-order valence-corrected chi connectivity index (χ4v) is 1.22. The Balaban J connectivity index is 2.98. The molecule has 1 rings (SSSR count). The van der Waals surface area contributed by atoms with Crippen LogP contribution in [-0.2, 0) is 0 Å². The molecule has 1 heterocycles. The highest BCUT2D eigenvalue weighted by atomic mass is 16.6. The first-order valence-corrected chi connectivity index (χ1v) is 5.09. The third kappa shape index (κ3) is 2.79. The molecular weight excluding hydrogens is 208 g/mol. The lowest BCUT2D eigenvalue weighted by atomic mass is 10.2. The summed E-state index contributed by atoms with van der Waals surface area (Å²) in [6.07, 6.45) is 4.71. The van der Waals surface area contributed by atoms with Crippen LogP contribution in [0.25, 0.3) is 6.08 Å². The van der Waals surface area contributed by atoms with Gasteiger partial charge in [-0.15, -0.1) is 0 Å². The van der Waals surface area contributed by atoms with Crippen LogP contribution < -0.4 is 4.74 Å². The molecule has 1 aromatic rings. The maximum Gasteiger partial charge on any atom is 0.338 e. The first-order valence-electron chi connectivity index (χ1n) is 5.09. The maximum atomic E-state index is 10.9. The van der Waals surface area contributed by atoms with Crippen molar-refractivity contribution in [3.63, 3.8) is 0 Å². The minimum absolute atomic E-state index is 0.0656. The molecule has 0 unspecified atom stereocenters. The van der Waals surface area contributed by atoms with Gasteiger partial charge >= 0.3 is 5.69 Å².